The topological polar surface area (TPSA) is 13.1 Å². The molecular formula is C27H20NO+. The lowest BCUT2D eigenvalue weighted by atomic mass is 9.80. The van der Waals surface area contributed by atoms with Gasteiger partial charge in [-0.2, -0.15) is 4.57 Å². The molecule has 7 rings (SSSR count). The van der Waals surface area contributed by atoms with Gasteiger partial charge in [-0.3, -0.25) is 0 Å². The van der Waals surface area contributed by atoms with Crippen LogP contribution < -0.4 is 9.30 Å². The van der Waals surface area contributed by atoms with Crippen molar-refractivity contribution in [3.8, 4) is 17.0 Å². The lowest BCUT2D eigenvalue weighted by Crippen LogP contribution is -2.42. The van der Waals surface area contributed by atoms with Crippen molar-refractivity contribution in [1.82, 2.24) is 0 Å². The molecule has 138 valence electrons. The summed E-state index contributed by atoms with van der Waals surface area (Å²) in [5.41, 5.74) is 6.58. The standard InChI is InChI=1S/C27H20NO/c1-27(2)21-12-19-11-16-7-3-4-8-17(16)13-22(19)28-15-29-23-14-18-9-5-6-10-20(18)25(27)24(23)26(21)28/h3-14H,15H2,1-2H3/q+1. The van der Waals surface area contributed by atoms with Crippen LogP contribution in [-0.4, -0.2) is 0 Å². The molecule has 0 atom stereocenters. The van der Waals surface area contributed by atoms with Crippen LogP contribution in [0.3, 0.4) is 0 Å². The second-order valence-electron chi connectivity index (χ2n) is 8.84. The fourth-order valence-corrected chi connectivity index (χ4v) is 5.55. The molecule has 1 aromatic heterocycles. The van der Waals surface area contributed by atoms with Crippen LogP contribution in [0.15, 0.2) is 72.8 Å². The van der Waals surface area contributed by atoms with Gasteiger partial charge in [-0.25, -0.2) is 0 Å². The predicted octanol–water partition coefficient (Wildman–Crippen LogP) is 6.09. The molecule has 0 bridgehead atoms. The third-order valence-electron chi connectivity index (χ3n) is 6.91. The van der Waals surface area contributed by atoms with Crippen molar-refractivity contribution in [3.05, 3.63) is 83.9 Å². The molecule has 1 aliphatic heterocycles. The SMILES string of the molecule is CC1(C)c2cc3cc4ccccc4cc3[n+]3c2-c2c(cc4ccccc4c21)OC3. The predicted molar refractivity (Wildman–Crippen MR) is 117 cm³/mol. The zero-order valence-electron chi connectivity index (χ0n) is 16.5. The summed E-state index contributed by atoms with van der Waals surface area (Å²) in [6.07, 6.45) is 0. The van der Waals surface area contributed by atoms with Crippen LogP contribution in [0.2, 0.25) is 0 Å². The van der Waals surface area contributed by atoms with Gasteiger partial charge < -0.3 is 4.74 Å². The Morgan fingerprint density at radius 2 is 1.52 bits per heavy atom. The van der Waals surface area contributed by atoms with Crippen LogP contribution >= 0.6 is 0 Å². The highest BCUT2D eigenvalue weighted by Crippen LogP contribution is 2.55. The molecule has 0 spiro atoms. The van der Waals surface area contributed by atoms with E-state index in [0.29, 0.717) is 6.73 Å². The quantitative estimate of drug-likeness (QED) is 0.236. The first kappa shape index (κ1) is 15.5. The molecule has 5 aromatic rings. The van der Waals surface area contributed by atoms with Crippen LogP contribution in [-0.2, 0) is 12.1 Å². The van der Waals surface area contributed by atoms with Gasteiger partial charge in [-0.05, 0) is 45.3 Å². The van der Waals surface area contributed by atoms with Gasteiger partial charge in [-0.1, -0.05) is 62.4 Å². The maximum atomic E-state index is 6.35. The van der Waals surface area contributed by atoms with Crippen LogP contribution in [0.1, 0.15) is 25.0 Å². The highest BCUT2D eigenvalue weighted by molar-refractivity contribution is 6.01. The van der Waals surface area contributed by atoms with E-state index < -0.39 is 0 Å². The first-order valence-corrected chi connectivity index (χ1v) is 10.2. The van der Waals surface area contributed by atoms with Crippen molar-refractivity contribution >= 4 is 32.4 Å². The lowest BCUT2D eigenvalue weighted by molar-refractivity contribution is -0.693. The fraction of sp³-hybridized carbons (Fsp3) is 0.148. The number of aromatic nitrogens is 1. The Balaban J connectivity index is 1.70. The van der Waals surface area contributed by atoms with Gasteiger partial charge in [0, 0.05) is 22.4 Å². The second-order valence-corrected chi connectivity index (χ2v) is 8.84. The first-order chi connectivity index (χ1) is 14.1. The maximum absolute atomic E-state index is 6.35. The molecule has 2 aliphatic rings. The fourth-order valence-electron chi connectivity index (χ4n) is 5.55. The Kier molecular flexibility index (Phi) is 2.65. The van der Waals surface area contributed by atoms with Crippen LogP contribution in [0.5, 0.6) is 5.75 Å². The minimum Gasteiger partial charge on any atom is -0.435 e. The van der Waals surface area contributed by atoms with E-state index in [1.807, 2.05) is 0 Å². The van der Waals surface area contributed by atoms with Crippen molar-refractivity contribution in [2.45, 2.75) is 26.0 Å². The summed E-state index contributed by atoms with van der Waals surface area (Å²) in [6, 6.07) is 26.6. The van der Waals surface area contributed by atoms with Crippen LogP contribution in [0, 0.1) is 0 Å². The Hall–Kier alpha value is -3.39. The van der Waals surface area contributed by atoms with Crippen LogP contribution in [0.25, 0.3) is 43.7 Å². The highest BCUT2D eigenvalue weighted by Gasteiger charge is 2.47. The number of benzene rings is 4. The van der Waals surface area contributed by atoms with Gasteiger partial charge in [0.15, 0.2) is 0 Å². The zero-order valence-corrected chi connectivity index (χ0v) is 16.5. The van der Waals surface area contributed by atoms with Gasteiger partial charge in [0.2, 0.25) is 11.2 Å². The molecular weight excluding hydrogens is 354 g/mol. The number of hydrogen-bond donors (Lipinski definition) is 0. The zero-order chi connectivity index (χ0) is 19.3. The van der Waals surface area contributed by atoms with E-state index in [2.05, 4.69) is 91.2 Å². The summed E-state index contributed by atoms with van der Waals surface area (Å²) in [6.45, 7) is 5.27. The molecule has 0 unspecified atom stereocenters. The van der Waals surface area contributed by atoms with E-state index in [0.717, 1.165) is 5.75 Å². The molecule has 0 N–H and O–H groups in total. The molecule has 0 saturated heterocycles. The van der Waals surface area contributed by atoms with E-state index in [-0.39, 0.29) is 5.41 Å². The summed E-state index contributed by atoms with van der Waals surface area (Å²) in [5, 5.41) is 6.42. The van der Waals surface area contributed by atoms with Crippen molar-refractivity contribution in [1.29, 1.82) is 0 Å². The summed E-state index contributed by atoms with van der Waals surface area (Å²) >= 11 is 0. The number of ether oxygens (including phenoxy) is 1. The van der Waals surface area contributed by atoms with Gasteiger partial charge in [-0.15, -0.1) is 0 Å². The molecule has 0 fully saturated rings. The number of hydrogen-bond acceptors (Lipinski definition) is 1. The van der Waals surface area contributed by atoms with Gasteiger partial charge in [0.1, 0.15) is 5.75 Å². The average Bonchev–Trinajstić information content (AvgIpc) is 2.98. The van der Waals surface area contributed by atoms with E-state index >= 15 is 0 Å². The molecule has 1 aliphatic carbocycles. The minimum absolute atomic E-state index is 0.0738. The van der Waals surface area contributed by atoms with E-state index in [4.69, 9.17) is 4.74 Å². The monoisotopic (exact) mass is 374 g/mol. The summed E-state index contributed by atoms with van der Waals surface area (Å²) in [7, 11) is 0. The number of rotatable bonds is 0. The Labute approximate surface area is 169 Å². The summed E-state index contributed by atoms with van der Waals surface area (Å²) in [4.78, 5) is 0. The number of nitrogens with zero attached hydrogens (tertiary/aromatic N) is 1. The lowest BCUT2D eigenvalue weighted by Gasteiger charge is -2.22. The van der Waals surface area contributed by atoms with Gasteiger partial charge >= 0.3 is 0 Å². The molecule has 29 heavy (non-hydrogen) atoms. The minimum atomic E-state index is -0.0738. The second kappa shape index (κ2) is 4.96. The van der Waals surface area contributed by atoms with Crippen LogP contribution in [0.4, 0.5) is 0 Å². The van der Waals surface area contributed by atoms with Crippen molar-refractivity contribution in [2.75, 3.05) is 0 Å². The van der Waals surface area contributed by atoms with Gasteiger partial charge in [0.25, 0.3) is 6.73 Å². The van der Waals surface area contributed by atoms with Crippen molar-refractivity contribution < 1.29 is 9.30 Å². The summed E-state index contributed by atoms with van der Waals surface area (Å²) in [5.74, 6) is 1.02. The number of fused-ring (bicyclic) bond motifs is 5. The third-order valence-corrected chi connectivity index (χ3v) is 6.91. The van der Waals surface area contributed by atoms with Crippen molar-refractivity contribution in [3.63, 3.8) is 0 Å². The first-order valence-electron chi connectivity index (χ1n) is 10.2. The Bertz CT molecular complexity index is 1530. The summed E-state index contributed by atoms with van der Waals surface area (Å²) < 4.78 is 8.73. The molecule has 4 aromatic carbocycles. The average molecular weight is 374 g/mol. The normalized spacial score (nSPS) is 15.7. The van der Waals surface area contributed by atoms with Crippen molar-refractivity contribution in [2.24, 2.45) is 0 Å². The molecule has 2 nitrogen and oxygen atoms in total. The Morgan fingerprint density at radius 3 is 2.34 bits per heavy atom. The van der Waals surface area contributed by atoms with E-state index in [1.165, 1.54) is 54.8 Å². The smallest absolute Gasteiger partial charge is 0.293 e. The Morgan fingerprint density at radius 1 is 0.793 bits per heavy atom. The van der Waals surface area contributed by atoms with Gasteiger partial charge in [0.05, 0.1) is 5.56 Å². The molecule has 0 radical (unpaired) electrons. The molecule has 2 heterocycles. The molecule has 2 heteroatoms. The highest BCUT2D eigenvalue weighted by atomic mass is 16.5. The van der Waals surface area contributed by atoms with E-state index in [1.54, 1.807) is 0 Å². The van der Waals surface area contributed by atoms with E-state index in [9.17, 15) is 0 Å². The third kappa shape index (κ3) is 1.80. The molecule has 0 saturated carbocycles. The maximum Gasteiger partial charge on any atom is 0.293 e. The number of pyridine rings is 1. The largest absolute Gasteiger partial charge is 0.435 e. The molecule has 0 amide bonds.